The van der Waals surface area contributed by atoms with E-state index in [4.69, 9.17) is 21.1 Å². The van der Waals surface area contributed by atoms with E-state index in [9.17, 15) is 14.4 Å². The Hall–Kier alpha value is -2.38. The molecule has 0 unspecified atom stereocenters. The molecule has 8 heteroatoms. The number of esters is 2. The molecule has 0 fully saturated rings. The number of hydrogen-bond donors (Lipinski definition) is 1. The molecule has 0 saturated heterocycles. The van der Waals surface area contributed by atoms with Gasteiger partial charge in [0, 0.05) is 10.6 Å². The summed E-state index contributed by atoms with van der Waals surface area (Å²) in [6, 6.07) is 6.32. The van der Waals surface area contributed by atoms with Crippen molar-refractivity contribution in [1.82, 2.24) is 0 Å². The molecule has 0 aliphatic carbocycles. The monoisotopic (exact) mass is 423 g/mol. The normalized spacial score (nSPS) is 11.1. The Morgan fingerprint density at radius 2 is 1.71 bits per heavy atom. The maximum atomic E-state index is 12.6. The highest BCUT2D eigenvalue weighted by atomic mass is 35.5. The summed E-state index contributed by atoms with van der Waals surface area (Å²) < 4.78 is 10.5. The summed E-state index contributed by atoms with van der Waals surface area (Å²) in [6.07, 6.45) is 0. The molecule has 0 radical (unpaired) electrons. The number of halogens is 1. The van der Waals surface area contributed by atoms with Crippen LogP contribution in [0.1, 0.15) is 63.6 Å². The molecule has 0 saturated carbocycles. The summed E-state index contributed by atoms with van der Waals surface area (Å²) in [5.41, 5.74) is 0.229. The molecule has 2 rings (SSSR count). The number of rotatable bonds is 5. The van der Waals surface area contributed by atoms with Crippen molar-refractivity contribution in [1.29, 1.82) is 0 Å². The van der Waals surface area contributed by atoms with Crippen LogP contribution in [0.25, 0.3) is 0 Å². The zero-order chi connectivity index (χ0) is 21.1. The van der Waals surface area contributed by atoms with Crippen LogP contribution in [0.15, 0.2) is 24.3 Å². The summed E-state index contributed by atoms with van der Waals surface area (Å²) in [4.78, 5) is 37.8. The lowest BCUT2D eigenvalue weighted by atomic mass is 10.1. The highest BCUT2D eigenvalue weighted by molar-refractivity contribution is 7.18. The highest BCUT2D eigenvalue weighted by Crippen LogP contribution is 2.35. The molecule has 1 aromatic heterocycles. The lowest BCUT2D eigenvalue weighted by Crippen LogP contribution is -2.23. The van der Waals surface area contributed by atoms with Crippen molar-refractivity contribution in [2.75, 3.05) is 11.9 Å². The Labute approximate surface area is 172 Å². The van der Waals surface area contributed by atoms with Crippen molar-refractivity contribution in [3.63, 3.8) is 0 Å². The molecule has 2 aromatic rings. The molecule has 1 aromatic carbocycles. The van der Waals surface area contributed by atoms with E-state index in [2.05, 4.69) is 5.32 Å². The Morgan fingerprint density at radius 1 is 1.11 bits per heavy atom. The smallest absolute Gasteiger partial charge is 0.349 e. The van der Waals surface area contributed by atoms with E-state index in [0.717, 1.165) is 11.3 Å². The van der Waals surface area contributed by atoms with Crippen molar-refractivity contribution in [2.45, 2.75) is 40.2 Å². The van der Waals surface area contributed by atoms with Gasteiger partial charge in [-0.15, -0.1) is 11.3 Å². The predicted octanol–water partition coefficient (Wildman–Crippen LogP) is 5.09. The first kappa shape index (κ1) is 21.9. The Kier molecular flexibility index (Phi) is 6.85. The first-order chi connectivity index (χ1) is 13.0. The van der Waals surface area contributed by atoms with E-state index in [1.807, 2.05) is 0 Å². The third-order valence-corrected chi connectivity index (χ3v) is 4.98. The second kappa shape index (κ2) is 8.75. The maximum Gasteiger partial charge on any atom is 0.349 e. The van der Waals surface area contributed by atoms with Crippen molar-refractivity contribution in [2.24, 2.45) is 0 Å². The van der Waals surface area contributed by atoms with E-state index in [1.54, 1.807) is 58.9 Å². The number of benzene rings is 1. The van der Waals surface area contributed by atoms with Crippen LogP contribution in [0, 0.1) is 6.92 Å². The third-order valence-electron chi connectivity index (χ3n) is 3.54. The van der Waals surface area contributed by atoms with Crippen molar-refractivity contribution < 1.29 is 23.9 Å². The second-order valence-electron chi connectivity index (χ2n) is 6.94. The Bertz CT molecular complexity index is 897. The van der Waals surface area contributed by atoms with Crippen molar-refractivity contribution in [3.8, 4) is 0 Å². The summed E-state index contributed by atoms with van der Waals surface area (Å²) >= 11 is 6.83. The van der Waals surface area contributed by atoms with Crippen LogP contribution in [0.3, 0.4) is 0 Å². The average Bonchev–Trinajstić information content (AvgIpc) is 2.90. The summed E-state index contributed by atoms with van der Waals surface area (Å²) in [6.45, 7) is 8.73. The lowest BCUT2D eigenvalue weighted by Gasteiger charge is -2.19. The standard InChI is InChI=1S/C20H22ClNO5S/c1-6-26-18(24)14-11(2)15(19(25)27-20(3,4)5)28-17(14)22-16(23)12-7-9-13(21)10-8-12/h7-10H,6H2,1-5H3,(H,22,23). The number of carbonyl (C=O) groups is 3. The first-order valence-corrected chi connectivity index (χ1v) is 9.83. The van der Waals surface area contributed by atoms with Gasteiger partial charge < -0.3 is 14.8 Å². The van der Waals surface area contributed by atoms with E-state index < -0.39 is 23.4 Å². The van der Waals surface area contributed by atoms with Gasteiger partial charge in [0.15, 0.2) is 0 Å². The van der Waals surface area contributed by atoms with E-state index in [1.165, 1.54) is 0 Å². The largest absolute Gasteiger partial charge is 0.462 e. The van der Waals surface area contributed by atoms with Gasteiger partial charge in [-0.3, -0.25) is 4.79 Å². The molecule has 1 amide bonds. The molecule has 6 nitrogen and oxygen atoms in total. The van der Waals surface area contributed by atoms with Gasteiger partial charge in [-0.25, -0.2) is 9.59 Å². The van der Waals surface area contributed by atoms with Crippen molar-refractivity contribution >= 4 is 45.8 Å². The number of carbonyl (C=O) groups excluding carboxylic acids is 3. The molecular weight excluding hydrogens is 402 g/mol. The minimum Gasteiger partial charge on any atom is -0.462 e. The molecule has 0 atom stereocenters. The zero-order valence-electron chi connectivity index (χ0n) is 16.3. The Balaban J connectivity index is 2.42. The number of nitrogens with one attached hydrogen (secondary N) is 1. The van der Waals surface area contributed by atoms with Crippen LogP contribution in [0.2, 0.25) is 5.02 Å². The second-order valence-corrected chi connectivity index (χ2v) is 8.40. The van der Waals surface area contributed by atoms with E-state index >= 15 is 0 Å². The topological polar surface area (TPSA) is 81.7 Å². The molecule has 1 heterocycles. The maximum absolute atomic E-state index is 12.6. The number of thiophene rings is 1. The number of ether oxygens (including phenoxy) is 2. The van der Waals surface area contributed by atoms with Crippen LogP contribution in [0.5, 0.6) is 0 Å². The number of hydrogen-bond acceptors (Lipinski definition) is 6. The van der Waals surface area contributed by atoms with Crippen molar-refractivity contribution in [3.05, 3.63) is 50.9 Å². The minimum absolute atomic E-state index is 0.148. The van der Waals surface area contributed by atoms with Gasteiger partial charge in [-0.1, -0.05) is 11.6 Å². The average molecular weight is 424 g/mol. The summed E-state index contributed by atoms with van der Waals surface area (Å²) in [7, 11) is 0. The fourth-order valence-electron chi connectivity index (χ4n) is 2.35. The van der Waals surface area contributed by atoms with Gasteiger partial charge in [0.25, 0.3) is 5.91 Å². The molecule has 28 heavy (non-hydrogen) atoms. The third kappa shape index (κ3) is 5.33. The molecule has 1 N–H and O–H groups in total. The van der Waals surface area contributed by atoms with Crippen LogP contribution in [0.4, 0.5) is 5.00 Å². The van der Waals surface area contributed by atoms with Gasteiger partial charge in [-0.2, -0.15) is 0 Å². The van der Waals surface area contributed by atoms with E-state index in [-0.39, 0.29) is 22.0 Å². The van der Waals surface area contributed by atoms with Gasteiger partial charge in [0.2, 0.25) is 0 Å². The minimum atomic E-state index is -0.690. The summed E-state index contributed by atoms with van der Waals surface area (Å²) in [5, 5.41) is 3.43. The quantitative estimate of drug-likeness (QED) is 0.677. The van der Waals surface area contributed by atoms with Crippen LogP contribution in [-0.4, -0.2) is 30.1 Å². The number of anilines is 1. The van der Waals surface area contributed by atoms with Gasteiger partial charge in [-0.05, 0) is 64.4 Å². The SMILES string of the molecule is CCOC(=O)c1c(NC(=O)c2ccc(Cl)cc2)sc(C(=O)OC(C)(C)C)c1C. The van der Waals surface area contributed by atoms with E-state index in [0.29, 0.717) is 16.1 Å². The first-order valence-electron chi connectivity index (χ1n) is 8.64. The van der Waals surface area contributed by atoms with Crippen LogP contribution >= 0.6 is 22.9 Å². The molecule has 0 aliphatic rings. The van der Waals surface area contributed by atoms with Gasteiger partial charge in [0.05, 0.1) is 12.2 Å². The molecule has 0 spiro atoms. The van der Waals surface area contributed by atoms with Gasteiger partial charge >= 0.3 is 11.9 Å². The molecular formula is C20H22ClNO5S. The predicted molar refractivity (Wildman–Crippen MR) is 110 cm³/mol. The molecule has 0 aliphatic heterocycles. The van der Waals surface area contributed by atoms with Crippen LogP contribution in [-0.2, 0) is 9.47 Å². The van der Waals surface area contributed by atoms with Gasteiger partial charge in [0.1, 0.15) is 15.5 Å². The molecule has 150 valence electrons. The lowest BCUT2D eigenvalue weighted by molar-refractivity contribution is 0.00744. The highest BCUT2D eigenvalue weighted by Gasteiger charge is 2.29. The summed E-state index contributed by atoms with van der Waals surface area (Å²) in [5.74, 6) is -1.61. The zero-order valence-corrected chi connectivity index (χ0v) is 17.9. The fraction of sp³-hybridized carbons (Fsp3) is 0.350. The fourth-order valence-corrected chi connectivity index (χ4v) is 3.54. The van der Waals surface area contributed by atoms with Crippen LogP contribution < -0.4 is 5.32 Å². The number of amides is 1. The molecule has 0 bridgehead atoms. The Morgan fingerprint density at radius 3 is 2.25 bits per heavy atom.